The molecule has 0 aliphatic carbocycles. The van der Waals surface area contributed by atoms with E-state index in [1.54, 1.807) is 11.3 Å². The van der Waals surface area contributed by atoms with Crippen molar-refractivity contribution in [2.45, 2.75) is 84.0 Å². The number of aryl methyl sites for hydroxylation is 1. The zero-order valence-corrected chi connectivity index (χ0v) is 24.0. The number of hydrogen-bond donors (Lipinski definition) is 0. The standard InChI is InChI=1S/C33H39BrOS/c1-2-3-4-5-6-7-8-9-10-11-13-16-26-19-21-27(22-20-26)28-23-24-30-31(25-28)36-33(34)32(30)35-29-17-14-12-15-18-29/h12,14-15,17-25H,2-11,13,16H2,1H3. The highest BCUT2D eigenvalue weighted by atomic mass is 79.9. The highest BCUT2D eigenvalue weighted by Gasteiger charge is 2.13. The Morgan fingerprint density at radius 3 is 1.94 bits per heavy atom. The van der Waals surface area contributed by atoms with Gasteiger partial charge in [0.2, 0.25) is 0 Å². The average molecular weight is 564 g/mol. The van der Waals surface area contributed by atoms with Gasteiger partial charge in [0.05, 0.1) is 0 Å². The molecule has 0 N–H and O–H groups in total. The van der Waals surface area contributed by atoms with Crippen LogP contribution in [0.1, 0.15) is 83.1 Å². The maximum atomic E-state index is 6.18. The van der Waals surface area contributed by atoms with Crippen molar-refractivity contribution in [3.8, 4) is 22.6 Å². The quantitative estimate of drug-likeness (QED) is 0.131. The summed E-state index contributed by atoms with van der Waals surface area (Å²) in [5.41, 5.74) is 3.98. The highest BCUT2D eigenvalue weighted by Crippen LogP contribution is 2.44. The SMILES string of the molecule is CCCCCCCCCCCCCc1ccc(-c2ccc3c(Oc4ccccc4)c(Br)sc3c2)cc1. The van der Waals surface area contributed by atoms with E-state index in [-0.39, 0.29) is 0 Å². The molecule has 0 aliphatic rings. The Balaban J connectivity index is 1.24. The molecule has 1 nitrogen and oxygen atoms in total. The molecule has 0 aliphatic heterocycles. The molecule has 0 spiro atoms. The van der Waals surface area contributed by atoms with E-state index in [1.165, 1.54) is 98.4 Å². The van der Waals surface area contributed by atoms with Crippen molar-refractivity contribution in [2.75, 3.05) is 0 Å². The van der Waals surface area contributed by atoms with Crippen molar-refractivity contribution in [2.24, 2.45) is 0 Å². The number of thiophene rings is 1. The van der Waals surface area contributed by atoms with Gasteiger partial charge in [0.25, 0.3) is 0 Å². The molecule has 0 unspecified atom stereocenters. The van der Waals surface area contributed by atoms with Crippen molar-refractivity contribution >= 4 is 37.4 Å². The van der Waals surface area contributed by atoms with Crippen LogP contribution in [0.25, 0.3) is 21.2 Å². The third-order valence-electron chi connectivity index (χ3n) is 6.92. The second-order valence-corrected chi connectivity index (χ2v) is 12.2. The lowest BCUT2D eigenvalue weighted by atomic mass is 10.00. The predicted molar refractivity (Wildman–Crippen MR) is 162 cm³/mol. The third kappa shape index (κ3) is 7.95. The molecule has 4 rings (SSSR count). The fourth-order valence-electron chi connectivity index (χ4n) is 4.78. The molecule has 4 aromatic rings. The van der Waals surface area contributed by atoms with Crippen molar-refractivity contribution in [1.82, 2.24) is 0 Å². The first kappa shape index (κ1) is 26.9. The van der Waals surface area contributed by atoms with Crippen LogP contribution in [0.3, 0.4) is 0 Å². The Bertz CT molecular complexity index is 1180. The zero-order valence-electron chi connectivity index (χ0n) is 21.6. The van der Waals surface area contributed by atoms with Gasteiger partial charge in [-0.2, -0.15) is 0 Å². The topological polar surface area (TPSA) is 9.23 Å². The lowest BCUT2D eigenvalue weighted by molar-refractivity contribution is 0.487. The summed E-state index contributed by atoms with van der Waals surface area (Å²) < 4.78 is 8.44. The minimum Gasteiger partial charge on any atom is -0.455 e. The van der Waals surface area contributed by atoms with Crippen molar-refractivity contribution in [3.05, 3.63) is 82.1 Å². The smallest absolute Gasteiger partial charge is 0.160 e. The Hall–Kier alpha value is -2.10. The summed E-state index contributed by atoms with van der Waals surface area (Å²) in [6.07, 6.45) is 16.6. The summed E-state index contributed by atoms with van der Waals surface area (Å²) in [6, 6.07) is 25.8. The van der Waals surface area contributed by atoms with Crippen LogP contribution >= 0.6 is 27.3 Å². The first-order chi connectivity index (χ1) is 17.7. The molecule has 3 heteroatoms. The molecule has 36 heavy (non-hydrogen) atoms. The Labute approximate surface area is 230 Å². The predicted octanol–water partition coefficient (Wildman–Crippen LogP) is 12.0. The first-order valence-corrected chi connectivity index (χ1v) is 15.4. The van der Waals surface area contributed by atoms with Crippen LogP contribution in [0.5, 0.6) is 11.5 Å². The van der Waals surface area contributed by atoms with Gasteiger partial charge >= 0.3 is 0 Å². The van der Waals surface area contributed by atoms with Gasteiger partial charge in [-0.25, -0.2) is 0 Å². The summed E-state index contributed by atoms with van der Waals surface area (Å²) in [5.74, 6) is 1.76. The number of unbranched alkanes of at least 4 members (excludes halogenated alkanes) is 10. The van der Waals surface area contributed by atoms with Gasteiger partial charge in [0, 0.05) is 10.1 Å². The molecule has 1 heterocycles. The lowest BCUT2D eigenvalue weighted by Gasteiger charge is -2.07. The Kier molecular flexibility index (Phi) is 10.9. The van der Waals surface area contributed by atoms with Gasteiger partial charge in [-0.05, 0) is 69.7 Å². The van der Waals surface area contributed by atoms with E-state index >= 15 is 0 Å². The van der Waals surface area contributed by atoms with E-state index < -0.39 is 0 Å². The molecule has 0 radical (unpaired) electrons. The molecule has 0 bridgehead atoms. The van der Waals surface area contributed by atoms with Crippen molar-refractivity contribution in [1.29, 1.82) is 0 Å². The van der Waals surface area contributed by atoms with Crippen LogP contribution in [-0.2, 0) is 6.42 Å². The average Bonchev–Trinajstić information content (AvgIpc) is 3.22. The van der Waals surface area contributed by atoms with Crippen molar-refractivity contribution < 1.29 is 4.74 Å². The zero-order chi connectivity index (χ0) is 25.0. The summed E-state index contributed by atoms with van der Waals surface area (Å²) >= 11 is 5.44. The minimum atomic E-state index is 0.857. The molecule has 0 saturated heterocycles. The van der Waals surface area contributed by atoms with Crippen molar-refractivity contribution in [3.63, 3.8) is 0 Å². The van der Waals surface area contributed by atoms with Gasteiger partial charge in [0.15, 0.2) is 5.75 Å². The number of hydrogen-bond acceptors (Lipinski definition) is 2. The number of para-hydroxylation sites is 1. The van der Waals surface area contributed by atoms with E-state index in [4.69, 9.17) is 4.74 Å². The molecular weight excluding hydrogens is 524 g/mol. The van der Waals surface area contributed by atoms with Gasteiger partial charge < -0.3 is 4.74 Å². The van der Waals surface area contributed by atoms with Crippen LogP contribution in [0, 0.1) is 0 Å². The second-order valence-electron chi connectivity index (χ2n) is 9.81. The fraction of sp³-hybridized carbons (Fsp3) is 0.394. The largest absolute Gasteiger partial charge is 0.455 e. The number of halogens is 1. The summed E-state index contributed by atoms with van der Waals surface area (Å²) in [4.78, 5) is 0. The number of fused-ring (bicyclic) bond motifs is 1. The molecular formula is C33H39BrOS. The van der Waals surface area contributed by atoms with Gasteiger partial charge in [-0.15, -0.1) is 11.3 Å². The maximum absolute atomic E-state index is 6.18. The lowest BCUT2D eigenvalue weighted by Crippen LogP contribution is -1.87. The van der Waals surface area contributed by atoms with E-state index in [1.807, 2.05) is 30.3 Å². The molecule has 0 saturated carbocycles. The molecule has 0 fully saturated rings. The highest BCUT2D eigenvalue weighted by molar-refractivity contribution is 9.11. The summed E-state index contributed by atoms with van der Waals surface area (Å²) in [5, 5.41) is 1.15. The van der Waals surface area contributed by atoms with Crippen LogP contribution < -0.4 is 4.74 Å². The first-order valence-electron chi connectivity index (χ1n) is 13.8. The molecule has 0 amide bonds. The fourth-order valence-corrected chi connectivity index (χ4v) is 6.49. The van der Waals surface area contributed by atoms with E-state index in [0.717, 1.165) is 20.7 Å². The van der Waals surface area contributed by atoms with Crippen LogP contribution in [-0.4, -0.2) is 0 Å². The van der Waals surface area contributed by atoms with Crippen LogP contribution in [0.2, 0.25) is 0 Å². The van der Waals surface area contributed by atoms with Gasteiger partial charge in [0.1, 0.15) is 9.54 Å². The summed E-state index contributed by atoms with van der Waals surface area (Å²) in [7, 11) is 0. The number of benzene rings is 3. The van der Waals surface area contributed by atoms with Gasteiger partial charge in [-0.1, -0.05) is 120 Å². The normalized spacial score (nSPS) is 11.3. The Morgan fingerprint density at radius 1 is 0.667 bits per heavy atom. The van der Waals surface area contributed by atoms with Crippen LogP contribution in [0.15, 0.2) is 76.6 Å². The van der Waals surface area contributed by atoms with E-state index in [9.17, 15) is 0 Å². The molecule has 190 valence electrons. The maximum Gasteiger partial charge on any atom is 0.160 e. The summed E-state index contributed by atoms with van der Waals surface area (Å²) in [6.45, 7) is 2.29. The molecule has 1 aromatic heterocycles. The third-order valence-corrected chi connectivity index (χ3v) is 8.69. The van der Waals surface area contributed by atoms with E-state index in [0.29, 0.717) is 0 Å². The second kappa shape index (κ2) is 14.6. The van der Waals surface area contributed by atoms with Gasteiger partial charge in [-0.3, -0.25) is 0 Å². The van der Waals surface area contributed by atoms with E-state index in [2.05, 4.69) is 65.3 Å². The Morgan fingerprint density at radius 2 is 1.28 bits per heavy atom. The molecule has 0 atom stereocenters. The number of rotatable bonds is 15. The number of ether oxygens (including phenoxy) is 1. The van der Waals surface area contributed by atoms with Crippen LogP contribution in [0.4, 0.5) is 0 Å². The molecule has 3 aromatic carbocycles. The minimum absolute atomic E-state index is 0.857. The monoisotopic (exact) mass is 562 g/mol.